The molecule has 1 aromatic heterocycles. The lowest BCUT2D eigenvalue weighted by Crippen LogP contribution is -2.25. The van der Waals surface area contributed by atoms with Gasteiger partial charge in [-0.1, -0.05) is 48.1 Å². The molecule has 0 saturated carbocycles. The maximum Gasteiger partial charge on any atom is 0.283 e. The van der Waals surface area contributed by atoms with E-state index in [9.17, 15) is 19.7 Å². The third kappa shape index (κ3) is 4.32. The van der Waals surface area contributed by atoms with Crippen LogP contribution in [-0.2, 0) is 11.2 Å². The average Bonchev–Trinajstić information content (AvgIpc) is 3.39. The van der Waals surface area contributed by atoms with Gasteiger partial charge in [0, 0.05) is 35.7 Å². The number of nitrogens with one attached hydrogen (secondary N) is 1. The van der Waals surface area contributed by atoms with Gasteiger partial charge >= 0.3 is 0 Å². The van der Waals surface area contributed by atoms with E-state index >= 15 is 0 Å². The van der Waals surface area contributed by atoms with Gasteiger partial charge in [-0.2, -0.15) is 0 Å². The Labute approximate surface area is 192 Å². The van der Waals surface area contributed by atoms with Gasteiger partial charge in [0.15, 0.2) is 0 Å². The zero-order chi connectivity index (χ0) is 22.8. The van der Waals surface area contributed by atoms with Crippen LogP contribution >= 0.6 is 22.9 Å². The number of halogens is 1. The molecule has 1 atom stereocenters. The zero-order valence-corrected chi connectivity index (χ0v) is 18.5. The topological polar surface area (TPSA) is 118 Å². The van der Waals surface area contributed by atoms with Crippen LogP contribution in [0.15, 0.2) is 42.5 Å². The summed E-state index contributed by atoms with van der Waals surface area (Å²) in [6.45, 7) is 2.52. The molecule has 0 bridgehead atoms. The van der Waals surface area contributed by atoms with Gasteiger partial charge in [-0.05, 0) is 30.2 Å². The summed E-state index contributed by atoms with van der Waals surface area (Å²) < 4.78 is 0. The summed E-state index contributed by atoms with van der Waals surface area (Å²) in [6.07, 6.45) is 1.11. The van der Waals surface area contributed by atoms with Crippen molar-refractivity contribution < 1.29 is 14.5 Å². The lowest BCUT2D eigenvalue weighted by Gasteiger charge is -2.19. The predicted octanol–water partition coefficient (Wildman–Crippen LogP) is 4.43. The van der Waals surface area contributed by atoms with Crippen molar-refractivity contribution in [2.75, 3.05) is 16.8 Å². The van der Waals surface area contributed by atoms with Crippen molar-refractivity contribution >= 4 is 51.3 Å². The summed E-state index contributed by atoms with van der Waals surface area (Å²) in [4.78, 5) is 37.6. The van der Waals surface area contributed by atoms with Crippen molar-refractivity contribution in [3.63, 3.8) is 0 Å². The average molecular weight is 472 g/mol. The summed E-state index contributed by atoms with van der Waals surface area (Å²) in [5, 5.41) is 22.9. The van der Waals surface area contributed by atoms with Gasteiger partial charge in [0.25, 0.3) is 11.6 Å². The molecule has 1 aliphatic heterocycles. The van der Waals surface area contributed by atoms with E-state index in [1.54, 1.807) is 4.90 Å². The molecule has 32 heavy (non-hydrogen) atoms. The molecule has 3 aromatic rings. The SMILES string of the molecule is CCc1ccccc1N1CC(c2nnc(NC(=O)c3ccc(Cl)cc3[N+](=O)[O-])s2)CC1=O. The second-order valence-corrected chi connectivity index (χ2v) is 8.65. The molecule has 1 fully saturated rings. The van der Waals surface area contributed by atoms with Gasteiger partial charge < -0.3 is 4.90 Å². The number of aromatic nitrogens is 2. The van der Waals surface area contributed by atoms with Gasteiger partial charge in [-0.15, -0.1) is 10.2 Å². The molecule has 1 unspecified atom stereocenters. The van der Waals surface area contributed by atoms with E-state index in [0.29, 0.717) is 18.0 Å². The number of benzene rings is 2. The Balaban J connectivity index is 1.50. The lowest BCUT2D eigenvalue weighted by atomic mass is 10.1. The summed E-state index contributed by atoms with van der Waals surface area (Å²) in [6, 6.07) is 11.6. The van der Waals surface area contributed by atoms with Crippen LogP contribution in [0.2, 0.25) is 5.02 Å². The largest absolute Gasteiger partial charge is 0.311 e. The molecule has 9 nitrogen and oxygen atoms in total. The molecular weight excluding hydrogens is 454 g/mol. The molecular formula is C21H18ClN5O4S. The molecule has 2 amide bonds. The van der Waals surface area contributed by atoms with Crippen LogP contribution in [0.1, 0.15) is 40.2 Å². The van der Waals surface area contributed by atoms with Crippen molar-refractivity contribution in [3.05, 3.63) is 73.7 Å². The number of nitro groups is 1. The number of hydrogen-bond acceptors (Lipinski definition) is 7. The molecule has 1 saturated heterocycles. The Morgan fingerprint density at radius 3 is 2.84 bits per heavy atom. The highest BCUT2D eigenvalue weighted by Gasteiger charge is 2.34. The van der Waals surface area contributed by atoms with Gasteiger partial charge in [-0.25, -0.2) is 0 Å². The monoisotopic (exact) mass is 471 g/mol. The third-order valence-electron chi connectivity index (χ3n) is 5.20. The quantitative estimate of drug-likeness (QED) is 0.419. The minimum Gasteiger partial charge on any atom is -0.311 e. The van der Waals surface area contributed by atoms with Crippen molar-refractivity contribution in [1.82, 2.24) is 10.2 Å². The number of aryl methyl sites for hydroxylation is 1. The molecule has 1 aliphatic rings. The molecule has 1 N–H and O–H groups in total. The second kappa shape index (κ2) is 9.01. The lowest BCUT2D eigenvalue weighted by molar-refractivity contribution is -0.385. The summed E-state index contributed by atoms with van der Waals surface area (Å²) in [5.74, 6) is -0.828. The van der Waals surface area contributed by atoms with Gasteiger partial charge in [0.05, 0.1) is 4.92 Å². The molecule has 164 valence electrons. The fourth-order valence-electron chi connectivity index (χ4n) is 3.64. The highest BCUT2D eigenvalue weighted by molar-refractivity contribution is 7.15. The van der Waals surface area contributed by atoms with Gasteiger partial charge in [0.2, 0.25) is 11.0 Å². The Morgan fingerprint density at radius 2 is 2.09 bits per heavy atom. The standard InChI is InChI=1S/C21H18ClN5O4S/c1-2-12-5-3-4-6-16(12)26-11-13(9-18(26)28)20-24-25-21(32-20)23-19(29)15-8-7-14(22)10-17(15)27(30)31/h3-8,10,13H,2,9,11H2,1H3,(H,23,25,29). The van der Waals surface area contributed by atoms with Crippen molar-refractivity contribution in [2.45, 2.75) is 25.7 Å². The molecule has 0 aliphatic carbocycles. The van der Waals surface area contributed by atoms with Crippen molar-refractivity contribution in [2.24, 2.45) is 0 Å². The van der Waals surface area contributed by atoms with E-state index in [-0.39, 0.29) is 27.5 Å². The Bertz CT molecular complexity index is 1210. The first kappa shape index (κ1) is 21.8. The van der Waals surface area contributed by atoms with Crippen LogP contribution in [-0.4, -0.2) is 33.5 Å². The molecule has 11 heteroatoms. The number of anilines is 2. The van der Waals surface area contributed by atoms with Crippen LogP contribution in [0.25, 0.3) is 0 Å². The summed E-state index contributed by atoms with van der Waals surface area (Å²) in [5.41, 5.74) is 1.47. The Hall–Kier alpha value is -3.37. The van der Waals surface area contributed by atoms with E-state index in [1.807, 2.05) is 31.2 Å². The van der Waals surface area contributed by atoms with E-state index in [4.69, 9.17) is 11.6 Å². The van der Waals surface area contributed by atoms with Crippen molar-refractivity contribution in [3.8, 4) is 0 Å². The number of nitrogens with zero attached hydrogens (tertiary/aromatic N) is 4. The zero-order valence-electron chi connectivity index (χ0n) is 16.9. The van der Waals surface area contributed by atoms with Crippen LogP contribution in [0.5, 0.6) is 0 Å². The fraction of sp³-hybridized carbons (Fsp3) is 0.238. The predicted molar refractivity (Wildman–Crippen MR) is 121 cm³/mol. The molecule has 2 aromatic carbocycles. The molecule has 4 rings (SSSR count). The normalized spacial score (nSPS) is 15.8. The van der Waals surface area contributed by atoms with Gasteiger partial charge in [0.1, 0.15) is 10.6 Å². The highest BCUT2D eigenvalue weighted by atomic mass is 35.5. The summed E-state index contributed by atoms with van der Waals surface area (Å²) in [7, 11) is 0. The minimum absolute atomic E-state index is 0.00785. The Morgan fingerprint density at radius 1 is 1.31 bits per heavy atom. The number of hydrogen-bond donors (Lipinski definition) is 1. The second-order valence-electron chi connectivity index (χ2n) is 7.21. The number of rotatable bonds is 6. The molecule has 0 radical (unpaired) electrons. The van der Waals surface area contributed by atoms with Crippen LogP contribution < -0.4 is 10.2 Å². The number of carbonyl (C=O) groups is 2. The maximum atomic E-state index is 12.7. The van der Waals surface area contributed by atoms with Crippen LogP contribution in [0.3, 0.4) is 0 Å². The van der Waals surface area contributed by atoms with Crippen molar-refractivity contribution in [1.29, 1.82) is 0 Å². The minimum atomic E-state index is -0.683. The number of amides is 2. The van der Waals surface area contributed by atoms with Gasteiger partial charge in [-0.3, -0.25) is 25.0 Å². The maximum absolute atomic E-state index is 12.7. The highest BCUT2D eigenvalue weighted by Crippen LogP contribution is 2.36. The number of nitro benzene ring substituents is 1. The fourth-order valence-corrected chi connectivity index (χ4v) is 4.64. The van der Waals surface area contributed by atoms with E-state index in [0.717, 1.165) is 35.1 Å². The third-order valence-corrected chi connectivity index (χ3v) is 6.44. The molecule has 2 heterocycles. The van der Waals surface area contributed by atoms with Crippen LogP contribution in [0, 0.1) is 10.1 Å². The van der Waals surface area contributed by atoms with E-state index < -0.39 is 16.5 Å². The first-order valence-corrected chi connectivity index (χ1v) is 11.0. The molecule has 0 spiro atoms. The Kier molecular flexibility index (Phi) is 6.15. The first-order chi connectivity index (χ1) is 15.4. The summed E-state index contributed by atoms with van der Waals surface area (Å²) >= 11 is 6.95. The van der Waals surface area contributed by atoms with Crippen LogP contribution in [0.4, 0.5) is 16.5 Å². The smallest absolute Gasteiger partial charge is 0.283 e. The first-order valence-electron chi connectivity index (χ1n) is 9.84. The van der Waals surface area contributed by atoms with E-state index in [2.05, 4.69) is 15.5 Å². The van der Waals surface area contributed by atoms with E-state index in [1.165, 1.54) is 12.1 Å². The number of carbonyl (C=O) groups excluding carboxylic acids is 2. The number of para-hydroxylation sites is 1.